The van der Waals surface area contributed by atoms with Crippen molar-refractivity contribution in [1.29, 1.82) is 0 Å². The zero-order chi connectivity index (χ0) is 9.30. The van der Waals surface area contributed by atoms with Crippen LogP contribution < -0.4 is 11.1 Å². The molecule has 1 heterocycles. The van der Waals surface area contributed by atoms with Gasteiger partial charge in [0.1, 0.15) is 18.2 Å². The highest BCUT2D eigenvalue weighted by Crippen LogP contribution is 2.09. The second-order valence-electron chi connectivity index (χ2n) is 2.80. The Bertz CT molecular complexity index is 184. The Morgan fingerprint density at radius 1 is 1.42 bits per heavy atom. The molecule has 1 saturated heterocycles. The van der Waals surface area contributed by atoms with Crippen LogP contribution >= 0.6 is 0 Å². The van der Waals surface area contributed by atoms with E-state index in [4.69, 9.17) is 10.8 Å². The molecule has 12 heavy (non-hydrogen) atoms. The van der Waals surface area contributed by atoms with E-state index in [-0.39, 0.29) is 0 Å². The highest BCUT2D eigenvalue weighted by Gasteiger charge is 2.39. The Kier molecular flexibility index (Phi) is 2.63. The van der Waals surface area contributed by atoms with Crippen LogP contribution in [0.4, 0.5) is 0 Å². The van der Waals surface area contributed by atoms with Crippen LogP contribution in [0.3, 0.4) is 0 Å². The number of piperidine rings is 1. The molecule has 4 atom stereocenters. The minimum absolute atomic E-state index is 0.420. The Morgan fingerprint density at radius 2 is 2.00 bits per heavy atom. The average Bonchev–Trinajstić information content (AvgIpc) is 2.08. The molecule has 1 aliphatic heterocycles. The van der Waals surface area contributed by atoms with Gasteiger partial charge in [0.15, 0.2) is 0 Å². The van der Waals surface area contributed by atoms with Crippen molar-refractivity contribution in [3.05, 3.63) is 0 Å². The van der Waals surface area contributed by atoms with E-state index in [9.17, 15) is 15.0 Å². The summed E-state index contributed by atoms with van der Waals surface area (Å²) in [6, 6.07) is -1.95. The summed E-state index contributed by atoms with van der Waals surface area (Å²) in [5, 5.41) is 29.3. The summed E-state index contributed by atoms with van der Waals surface area (Å²) in [5.74, 6) is -0.563. The van der Waals surface area contributed by atoms with Gasteiger partial charge in [0.2, 0.25) is 5.91 Å². The van der Waals surface area contributed by atoms with Crippen molar-refractivity contribution >= 4 is 5.91 Å². The van der Waals surface area contributed by atoms with Crippen LogP contribution in [0.25, 0.3) is 0 Å². The SMILES string of the molecule is NC1C(=O)NC(CO)[C@H](O)[C@@H]1O. The van der Waals surface area contributed by atoms with E-state index >= 15 is 0 Å². The van der Waals surface area contributed by atoms with Crippen molar-refractivity contribution in [3.63, 3.8) is 0 Å². The van der Waals surface area contributed by atoms with Gasteiger partial charge in [0.05, 0.1) is 12.6 Å². The third kappa shape index (κ3) is 1.42. The van der Waals surface area contributed by atoms with Crippen LogP contribution in [0.5, 0.6) is 0 Å². The van der Waals surface area contributed by atoms with Gasteiger partial charge in [-0.25, -0.2) is 0 Å². The summed E-state index contributed by atoms with van der Waals surface area (Å²) in [6.45, 7) is -0.420. The number of rotatable bonds is 1. The number of carbonyl (C=O) groups is 1. The van der Waals surface area contributed by atoms with E-state index < -0.39 is 36.8 Å². The Morgan fingerprint density at radius 3 is 2.50 bits per heavy atom. The van der Waals surface area contributed by atoms with Gasteiger partial charge < -0.3 is 26.4 Å². The molecule has 70 valence electrons. The van der Waals surface area contributed by atoms with Crippen molar-refractivity contribution in [2.24, 2.45) is 5.73 Å². The molecule has 2 unspecified atom stereocenters. The van der Waals surface area contributed by atoms with Gasteiger partial charge in [0.25, 0.3) is 0 Å². The van der Waals surface area contributed by atoms with Crippen molar-refractivity contribution in [3.8, 4) is 0 Å². The lowest BCUT2D eigenvalue weighted by molar-refractivity contribution is -0.137. The molecule has 6 heteroatoms. The first-order valence-electron chi connectivity index (χ1n) is 3.61. The molecule has 1 rings (SSSR count). The number of hydrogen-bond donors (Lipinski definition) is 5. The van der Waals surface area contributed by atoms with Crippen molar-refractivity contribution in [2.75, 3.05) is 6.61 Å². The molecule has 0 aromatic carbocycles. The Hall–Kier alpha value is -0.690. The monoisotopic (exact) mass is 176 g/mol. The first kappa shape index (κ1) is 9.40. The summed E-state index contributed by atoms with van der Waals surface area (Å²) in [6.07, 6.45) is -2.52. The molecule has 0 radical (unpaired) electrons. The highest BCUT2D eigenvalue weighted by molar-refractivity contribution is 5.83. The van der Waals surface area contributed by atoms with Crippen LogP contribution in [0, 0.1) is 0 Å². The lowest BCUT2D eigenvalue weighted by Gasteiger charge is -2.34. The number of amides is 1. The molecule has 0 bridgehead atoms. The predicted octanol–water partition coefficient (Wildman–Crippen LogP) is -3.47. The van der Waals surface area contributed by atoms with Gasteiger partial charge in [0, 0.05) is 0 Å². The molecular formula is C6H12N2O4. The van der Waals surface area contributed by atoms with E-state index in [1.54, 1.807) is 0 Å². The van der Waals surface area contributed by atoms with E-state index in [0.29, 0.717) is 0 Å². The van der Waals surface area contributed by atoms with Crippen LogP contribution in [-0.2, 0) is 4.79 Å². The van der Waals surface area contributed by atoms with Crippen molar-refractivity contribution < 1.29 is 20.1 Å². The van der Waals surface area contributed by atoms with Crippen molar-refractivity contribution in [2.45, 2.75) is 24.3 Å². The van der Waals surface area contributed by atoms with Gasteiger partial charge in [-0.2, -0.15) is 0 Å². The fourth-order valence-corrected chi connectivity index (χ4v) is 1.12. The molecule has 0 spiro atoms. The first-order valence-corrected chi connectivity index (χ1v) is 3.61. The standard InChI is InChI=1S/C6H12N2O4/c7-3-5(11)4(10)2(1-9)8-6(3)12/h2-5,9-11H,1,7H2,(H,8,12)/t2?,3?,4-,5+/m0/s1. The molecule has 1 fully saturated rings. The van der Waals surface area contributed by atoms with E-state index in [1.165, 1.54) is 0 Å². The van der Waals surface area contributed by atoms with E-state index in [2.05, 4.69) is 5.32 Å². The zero-order valence-electron chi connectivity index (χ0n) is 6.34. The van der Waals surface area contributed by atoms with Gasteiger partial charge in [-0.15, -0.1) is 0 Å². The first-order chi connectivity index (χ1) is 5.57. The van der Waals surface area contributed by atoms with Crippen LogP contribution in [-0.4, -0.2) is 52.1 Å². The van der Waals surface area contributed by atoms with E-state index in [0.717, 1.165) is 0 Å². The maximum atomic E-state index is 10.9. The number of hydrogen-bond acceptors (Lipinski definition) is 5. The molecular weight excluding hydrogens is 164 g/mol. The second-order valence-corrected chi connectivity index (χ2v) is 2.80. The molecule has 0 aliphatic carbocycles. The summed E-state index contributed by atoms with van der Waals surface area (Å²) in [5.41, 5.74) is 5.23. The minimum atomic E-state index is -1.31. The maximum absolute atomic E-state index is 10.9. The number of nitrogens with one attached hydrogen (secondary N) is 1. The summed E-state index contributed by atoms with van der Waals surface area (Å²) >= 11 is 0. The second kappa shape index (κ2) is 3.36. The molecule has 0 aromatic rings. The Balaban J connectivity index is 2.70. The third-order valence-electron chi connectivity index (χ3n) is 1.96. The minimum Gasteiger partial charge on any atom is -0.394 e. The quantitative estimate of drug-likeness (QED) is 0.284. The number of aliphatic hydroxyl groups excluding tert-OH is 3. The highest BCUT2D eigenvalue weighted by atomic mass is 16.3. The summed E-state index contributed by atoms with van der Waals surface area (Å²) < 4.78 is 0. The fourth-order valence-electron chi connectivity index (χ4n) is 1.12. The number of carbonyl (C=O) groups excluding carboxylic acids is 1. The molecule has 1 amide bonds. The molecule has 1 aliphatic rings. The fraction of sp³-hybridized carbons (Fsp3) is 0.833. The van der Waals surface area contributed by atoms with Gasteiger partial charge in [-0.3, -0.25) is 4.79 Å². The van der Waals surface area contributed by atoms with Gasteiger partial charge in [-0.1, -0.05) is 0 Å². The maximum Gasteiger partial charge on any atom is 0.240 e. The molecule has 0 aromatic heterocycles. The third-order valence-corrected chi connectivity index (χ3v) is 1.96. The zero-order valence-corrected chi connectivity index (χ0v) is 6.34. The van der Waals surface area contributed by atoms with E-state index in [1.807, 2.05) is 0 Å². The topological polar surface area (TPSA) is 116 Å². The normalized spacial score (nSPS) is 42.5. The number of nitrogens with two attached hydrogens (primary N) is 1. The smallest absolute Gasteiger partial charge is 0.240 e. The van der Waals surface area contributed by atoms with Crippen LogP contribution in [0.2, 0.25) is 0 Å². The Labute approximate surface area is 69.0 Å². The molecule has 6 N–H and O–H groups in total. The largest absolute Gasteiger partial charge is 0.394 e. The molecule has 6 nitrogen and oxygen atoms in total. The lowest BCUT2D eigenvalue weighted by atomic mass is 9.95. The van der Waals surface area contributed by atoms with Crippen molar-refractivity contribution in [1.82, 2.24) is 5.32 Å². The van der Waals surface area contributed by atoms with Gasteiger partial charge in [-0.05, 0) is 0 Å². The predicted molar refractivity (Wildman–Crippen MR) is 39.0 cm³/mol. The van der Waals surface area contributed by atoms with Crippen LogP contribution in [0.1, 0.15) is 0 Å². The van der Waals surface area contributed by atoms with Crippen LogP contribution in [0.15, 0.2) is 0 Å². The lowest BCUT2D eigenvalue weighted by Crippen LogP contribution is -2.66. The summed E-state index contributed by atoms with van der Waals surface area (Å²) in [7, 11) is 0. The molecule has 0 saturated carbocycles. The van der Waals surface area contributed by atoms with Gasteiger partial charge >= 0.3 is 0 Å². The summed E-state index contributed by atoms with van der Waals surface area (Å²) in [4.78, 5) is 10.9. The number of aliphatic hydroxyl groups is 3. The average molecular weight is 176 g/mol.